The number of allylic oxidation sites excluding steroid dienone is 1. The maximum atomic E-state index is 3.81. The van der Waals surface area contributed by atoms with Gasteiger partial charge in [0.2, 0.25) is 0 Å². The minimum atomic E-state index is 0.262. The topological polar surface area (TPSA) is 0 Å². The van der Waals surface area contributed by atoms with Gasteiger partial charge in [0.25, 0.3) is 0 Å². The van der Waals surface area contributed by atoms with Gasteiger partial charge in [-0.1, -0.05) is 47.6 Å². The van der Waals surface area contributed by atoms with Gasteiger partial charge in [-0.05, 0) is 41.7 Å². The molecule has 0 saturated carbocycles. The summed E-state index contributed by atoms with van der Waals surface area (Å²) in [6.07, 6.45) is 5.54. The maximum Gasteiger partial charge on any atom is 0.0134 e. The third-order valence-electron chi connectivity index (χ3n) is 3.08. The number of thiophene rings is 1. The predicted molar refractivity (Wildman–Crippen MR) is 84.9 cm³/mol. The highest BCUT2D eigenvalue weighted by Gasteiger charge is 2.25. The first-order chi connectivity index (χ1) is 8.16. The van der Waals surface area contributed by atoms with Gasteiger partial charge in [0.15, 0.2) is 0 Å². The second kappa shape index (κ2) is 5.61. The summed E-state index contributed by atoms with van der Waals surface area (Å²) in [4.78, 5) is 3.08. The second-order valence-electron chi connectivity index (χ2n) is 7.15. The Morgan fingerprint density at radius 3 is 2.17 bits per heavy atom. The Bertz CT molecular complexity index is 396. The van der Waals surface area contributed by atoms with E-state index >= 15 is 0 Å². The number of aryl methyl sites for hydroxylation is 1. The molecule has 0 fully saturated rings. The Labute approximate surface area is 117 Å². The van der Waals surface area contributed by atoms with E-state index < -0.39 is 0 Å². The molecule has 102 valence electrons. The van der Waals surface area contributed by atoms with Crippen LogP contribution in [0, 0.1) is 0 Å². The first-order valence-electron chi connectivity index (χ1n) is 6.91. The minimum Gasteiger partial charge on any atom is -0.144 e. The Balaban J connectivity index is 3.06. The molecular weight excluding hydrogens is 236 g/mol. The van der Waals surface area contributed by atoms with Crippen LogP contribution < -0.4 is 0 Å². The van der Waals surface area contributed by atoms with Crippen molar-refractivity contribution < 1.29 is 0 Å². The van der Waals surface area contributed by atoms with Gasteiger partial charge in [-0.3, -0.25) is 0 Å². The van der Waals surface area contributed by atoms with Gasteiger partial charge < -0.3 is 0 Å². The molecule has 18 heavy (non-hydrogen) atoms. The Morgan fingerprint density at radius 2 is 1.72 bits per heavy atom. The van der Waals surface area contributed by atoms with Crippen LogP contribution in [-0.4, -0.2) is 0 Å². The molecule has 0 amide bonds. The number of hydrogen-bond donors (Lipinski definition) is 0. The molecule has 0 spiro atoms. The van der Waals surface area contributed by atoms with E-state index in [-0.39, 0.29) is 10.8 Å². The predicted octanol–water partition coefficient (Wildman–Crippen LogP) is 5.85. The fourth-order valence-electron chi connectivity index (χ4n) is 2.06. The van der Waals surface area contributed by atoms with Gasteiger partial charge in [-0.15, -0.1) is 17.9 Å². The summed E-state index contributed by atoms with van der Waals surface area (Å²) in [6.45, 7) is 17.7. The first kappa shape index (κ1) is 15.5. The van der Waals surface area contributed by atoms with Crippen molar-refractivity contribution in [3.05, 3.63) is 34.0 Å². The number of unbranched alkanes of at least 4 members (excludes halogenated alkanes) is 1. The average molecular weight is 264 g/mol. The van der Waals surface area contributed by atoms with Gasteiger partial charge in [-0.25, -0.2) is 0 Å². The van der Waals surface area contributed by atoms with Gasteiger partial charge in [-0.2, -0.15) is 0 Å². The maximum absolute atomic E-state index is 3.81. The lowest BCUT2D eigenvalue weighted by Gasteiger charge is -2.19. The van der Waals surface area contributed by atoms with E-state index in [9.17, 15) is 0 Å². The highest BCUT2D eigenvalue weighted by molar-refractivity contribution is 7.12. The largest absolute Gasteiger partial charge is 0.144 e. The van der Waals surface area contributed by atoms with Crippen molar-refractivity contribution in [1.29, 1.82) is 0 Å². The summed E-state index contributed by atoms with van der Waals surface area (Å²) < 4.78 is 0. The van der Waals surface area contributed by atoms with Crippen LogP contribution in [0.25, 0.3) is 0 Å². The van der Waals surface area contributed by atoms with Gasteiger partial charge >= 0.3 is 0 Å². The number of hydrogen-bond acceptors (Lipinski definition) is 1. The van der Waals surface area contributed by atoms with E-state index in [0.29, 0.717) is 0 Å². The van der Waals surface area contributed by atoms with Crippen molar-refractivity contribution in [1.82, 2.24) is 0 Å². The van der Waals surface area contributed by atoms with Crippen molar-refractivity contribution in [2.24, 2.45) is 0 Å². The first-order valence-corrected chi connectivity index (χ1v) is 7.72. The zero-order valence-corrected chi connectivity index (χ0v) is 13.7. The zero-order chi connectivity index (χ0) is 14.0. The monoisotopic (exact) mass is 264 g/mol. The van der Waals surface area contributed by atoms with Crippen molar-refractivity contribution in [3.8, 4) is 0 Å². The quantitative estimate of drug-likeness (QED) is 0.472. The van der Waals surface area contributed by atoms with E-state index in [0.717, 1.165) is 6.42 Å². The van der Waals surface area contributed by atoms with E-state index in [1.807, 2.05) is 17.4 Å². The van der Waals surface area contributed by atoms with E-state index in [1.54, 1.807) is 10.4 Å². The Hall–Kier alpha value is -0.560. The molecule has 0 bridgehead atoms. The SMILES string of the molecule is C=CCCCc1cc(C(C)(C)C)sc1C(C)(C)C. The fraction of sp³-hybridized carbons (Fsp3) is 0.647. The van der Waals surface area contributed by atoms with Crippen molar-refractivity contribution in [2.45, 2.75) is 71.6 Å². The molecule has 0 radical (unpaired) electrons. The summed E-state index contributed by atoms with van der Waals surface area (Å²) >= 11 is 2.01. The van der Waals surface area contributed by atoms with Crippen LogP contribution in [-0.2, 0) is 17.3 Å². The molecule has 1 rings (SSSR count). The molecule has 1 heterocycles. The van der Waals surface area contributed by atoms with Crippen molar-refractivity contribution in [2.75, 3.05) is 0 Å². The van der Waals surface area contributed by atoms with Gasteiger partial charge in [0.05, 0.1) is 0 Å². The molecule has 1 aromatic heterocycles. The van der Waals surface area contributed by atoms with E-state index in [2.05, 4.69) is 54.2 Å². The molecular formula is C17H28S. The van der Waals surface area contributed by atoms with Crippen molar-refractivity contribution in [3.63, 3.8) is 0 Å². The van der Waals surface area contributed by atoms with E-state index in [4.69, 9.17) is 0 Å². The molecule has 1 heteroatoms. The second-order valence-corrected chi connectivity index (χ2v) is 8.20. The highest BCUT2D eigenvalue weighted by Crippen LogP contribution is 2.39. The lowest BCUT2D eigenvalue weighted by Crippen LogP contribution is -2.11. The molecule has 0 saturated heterocycles. The molecule has 0 unspecified atom stereocenters. The molecule has 0 aliphatic carbocycles. The lowest BCUT2D eigenvalue weighted by molar-refractivity contribution is 0.595. The molecule has 1 aromatic rings. The summed E-state index contributed by atoms with van der Waals surface area (Å²) in [5.74, 6) is 0. The average Bonchev–Trinajstić information content (AvgIpc) is 2.61. The summed E-state index contributed by atoms with van der Waals surface area (Å²) in [5.41, 5.74) is 2.08. The van der Waals surface area contributed by atoms with Crippen LogP contribution in [0.1, 0.15) is 69.7 Å². The molecule has 0 aliphatic heterocycles. The summed E-state index contributed by atoms with van der Waals surface area (Å²) in [6, 6.07) is 2.44. The van der Waals surface area contributed by atoms with Crippen molar-refractivity contribution >= 4 is 11.3 Å². The Morgan fingerprint density at radius 1 is 1.11 bits per heavy atom. The molecule has 0 nitrogen and oxygen atoms in total. The van der Waals surface area contributed by atoms with Gasteiger partial charge in [0, 0.05) is 9.75 Å². The molecule has 0 atom stereocenters. The van der Waals surface area contributed by atoms with Crippen LogP contribution in [0.4, 0.5) is 0 Å². The van der Waals surface area contributed by atoms with Crippen LogP contribution in [0.2, 0.25) is 0 Å². The molecule has 0 N–H and O–H groups in total. The van der Waals surface area contributed by atoms with E-state index in [1.165, 1.54) is 17.7 Å². The van der Waals surface area contributed by atoms with Crippen LogP contribution in [0.5, 0.6) is 0 Å². The number of rotatable bonds is 4. The fourth-order valence-corrected chi connectivity index (χ4v) is 3.38. The highest BCUT2D eigenvalue weighted by atomic mass is 32.1. The lowest BCUT2D eigenvalue weighted by atomic mass is 9.88. The third kappa shape index (κ3) is 3.98. The Kier molecular flexibility index (Phi) is 4.83. The van der Waals surface area contributed by atoms with Crippen LogP contribution >= 0.6 is 11.3 Å². The third-order valence-corrected chi connectivity index (χ3v) is 5.11. The zero-order valence-electron chi connectivity index (χ0n) is 12.9. The molecule has 0 aliphatic rings. The summed E-state index contributed by atoms with van der Waals surface area (Å²) in [7, 11) is 0. The minimum absolute atomic E-state index is 0.262. The van der Waals surface area contributed by atoms with Gasteiger partial charge in [0.1, 0.15) is 0 Å². The molecule has 0 aromatic carbocycles. The summed E-state index contributed by atoms with van der Waals surface area (Å²) in [5, 5.41) is 0. The smallest absolute Gasteiger partial charge is 0.0134 e. The standard InChI is InChI=1S/C17H28S/c1-8-9-10-11-13-12-14(16(2,3)4)18-15(13)17(5,6)7/h8,12H,1,9-11H2,2-7H3. The normalized spacial score (nSPS) is 12.8. The van der Waals surface area contributed by atoms with Crippen LogP contribution in [0.3, 0.4) is 0 Å². The van der Waals surface area contributed by atoms with Crippen LogP contribution in [0.15, 0.2) is 18.7 Å².